The fourth-order valence-corrected chi connectivity index (χ4v) is 2.49. The monoisotopic (exact) mass is 338 g/mol. The topological polar surface area (TPSA) is 48.1 Å². The normalized spacial score (nSPS) is 11.3. The summed E-state index contributed by atoms with van der Waals surface area (Å²) in [6, 6.07) is 7.01. The average Bonchev–Trinajstić information content (AvgIpc) is 2.44. The van der Waals surface area contributed by atoms with E-state index in [1.165, 1.54) is 0 Å². The van der Waals surface area contributed by atoms with E-state index in [0.29, 0.717) is 21.7 Å². The molecule has 2 rings (SSSR count). The Morgan fingerprint density at radius 3 is 2.23 bits per heavy atom. The van der Waals surface area contributed by atoms with Gasteiger partial charge in [-0.1, -0.05) is 50.9 Å². The highest BCUT2D eigenvalue weighted by atomic mass is 35.5. The van der Waals surface area contributed by atoms with Gasteiger partial charge in [0.1, 0.15) is 5.75 Å². The molecule has 22 heavy (non-hydrogen) atoms. The van der Waals surface area contributed by atoms with Crippen LogP contribution in [0.5, 0.6) is 11.6 Å². The zero-order chi connectivity index (χ0) is 16.4. The lowest BCUT2D eigenvalue weighted by Gasteiger charge is -2.17. The molecule has 2 aromatic rings. The van der Waals surface area contributed by atoms with Crippen molar-refractivity contribution < 1.29 is 4.74 Å². The van der Waals surface area contributed by atoms with Gasteiger partial charge in [0.2, 0.25) is 5.88 Å². The molecule has 0 amide bonds. The summed E-state index contributed by atoms with van der Waals surface area (Å²) >= 11 is 11.9. The molecule has 0 saturated heterocycles. The van der Waals surface area contributed by atoms with E-state index in [1.54, 1.807) is 18.2 Å². The minimum Gasteiger partial charge on any atom is -0.439 e. The van der Waals surface area contributed by atoms with E-state index < -0.39 is 0 Å². The minimum atomic E-state index is 0.217. The number of nitrogens with zero attached hydrogens (tertiary/aromatic N) is 1. The molecule has 0 fully saturated rings. The SMILES string of the molecule is CC(C)c1cc(Oc2ccc(Cl)c(Cl)c2)nc(C(C)C)c1N. The van der Waals surface area contributed by atoms with Crippen LogP contribution in [-0.2, 0) is 0 Å². The van der Waals surface area contributed by atoms with Crippen LogP contribution in [0.25, 0.3) is 0 Å². The van der Waals surface area contributed by atoms with Gasteiger partial charge in [0, 0.05) is 12.1 Å². The summed E-state index contributed by atoms with van der Waals surface area (Å²) in [5.74, 6) is 1.61. The van der Waals surface area contributed by atoms with Crippen molar-refractivity contribution in [2.45, 2.75) is 39.5 Å². The molecule has 0 radical (unpaired) electrons. The molecule has 0 saturated carbocycles. The van der Waals surface area contributed by atoms with Crippen LogP contribution in [0.3, 0.4) is 0 Å². The van der Waals surface area contributed by atoms with E-state index in [9.17, 15) is 0 Å². The summed E-state index contributed by atoms with van der Waals surface area (Å²) in [4.78, 5) is 4.54. The zero-order valence-corrected chi connectivity index (χ0v) is 14.7. The quantitative estimate of drug-likeness (QED) is 0.742. The van der Waals surface area contributed by atoms with Gasteiger partial charge in [-0.15, -0.1) is 0 Å². The van der Waals surface area contributed by atoms with Crippen molar-refractivity contribution in [1.82, 2.24) is 4.98 Å². The Labute approximate surface area is 141 Å². The van der Waals surface area contributed by atoms with E-state index in [0.717, 1.165) is 16.9 Å². The number of pyridine rings is 1. The molecule has 0 aliphatic heterocycles. The van der Waals surface area contributed by atoms with Gasteiger partial charge in [0.15, 0.2) is 0 Å². The summed E-state index contributed by atoms with van der Waals surface area (Å²) in [6.07, 6.45) is 0. The Morgan fingerprint density at radius 1 is 1.00 bits per heavy atom. The van der Waals surface area contributed by atoms with E-state index in [-0.39, 0.29) is 11.8 Å². The van der Waals surface area contributed by atoms with Crippen LogP contribution in [0.4, 0.5) is 5.69 Å². The van der Waals surface area contributed by atoms with Crippen molar-refractivity contribution in [2.75, 3.05) is 5.73 Å². The Hall–Kier alpha value is -1.45. The van der Waals surface area contributed by atoms with E-state index >= 15 is 0 Å². The van der Waals surface area contributed by atoms with Crippen LogP contribution in [-0.4, -0.2) is 4.98 Å². The van der Waals surface area contributed by atoms with Crippen LogP contribution in [0, 0.1) is 0 Å². The number of anilines is 1. The van der Waals surface area contributed by atoms with Gasteiger partial charge in [0.25, 0.3) is 0 Å². The van der Waals surface area contributed by atoms with Gasteiger partial charge in [-0.05, 0) is 29.5 Å². The maximum Gasteiger partial charge on any atom is 0.219 e. The van der Waals surface area contributed by atoms with E-state index in [4.69, 9.17) is 33.7 Å². The Bertz CT molecular complexity index is 655. The molecule has 3 nitrogen and oxygen atoms in total. The van der Waals surface area contributed by atoms with Crippen molar-refractivity contribution in [3.63, 3.8) is 0 Å². The molecule has 1 heterocycles. The highest BCUT2D eigenvalue weighted by Crippen LogP contribution is 2.34. The number of nitrogen functional groups attached to an aromatic ring is 1. The summed E-state index contributed by atoms with van der Waals surface area (Å²) in [5, 5.41) is 0.938. The second-order valence-electron chi connectivity index (χ2n) is 5.84. The van der Waals surface area contributed by atoms with Crippen LogP contribution in [0.1, 0.15) is 50.8 Å². The molecule has 5 heteroatoms. The number of hydrogen-bond acceptors (Lipinski definition) is 3. The van der Waals surface area contributed by atoms with Crippen molar-refractivity contribution >= 4 is 28.9 Å². The predicted molar refractivity (Wildman–Crippen MR) is 93.4 cm³/mol. The zero-order valence-electron chi connectivity index (χ0n) is 13.2. The second kappa shape index (κ2) is 6.76. The molecule has 0 aliphatic carbocycles. The average molecular weight is 339 g/mol. The molecule has 0 atom stereocenters. The number of halogens is 2. The fraction of sp³-hybridized carbons (Fsp3) is 0.353. The first kappa shape index (κ1) is 16.9. The first-order valence-electron chi connectivity index (χ1n) is 7.22. The molecular weight excluding hydrogens is 319 g/mol. The van der Waals surface area contributed by atoms with Crippen molar-refractivity contribution in [3.8, 4) is 11.6 Å². The van der Waals surface area contributed by atoms with Gasteiger partial charge >= 0.3 is 0 Å². The number of ether oxygens (including phenoxy) is 1. The van der Waals surface area contributed by atoms with E-state index in [2.05, 4.69) is 32.7 Å². The van der Waals surface area contributed by atoms with Gasteiger partial charge in [-0.25, -0.2) is 4.98 Å². The third kappa shape index (κ3) is 3.65. The van der Waals surface area contributed by atoms with Gasteiger partial charge in [-0.2, -0.15) is 0 Å². The molecule has 118 valence electrons. The third-order valence-corrected chi connectivity index (χ3v) is 4.12. The lowest BCUT2D eigenvalue weighted by molar-refractivity contribution is 0.458. The lowest BCUT2D eigenvalue weighted by atomic mass is 9.97. The Morgan fingerprint density at radius 2 is 1.68 bits per heavy atom. The second-order valence-corrected chi connectivity index (χ2v) is 6.65. The highest BCUT2D eigenvalue weighted by Gasteiger charge is 2.16. The molecule has 1 aromatic heterocycles. The molecule has 0 bridgehead atoms. The maximum absolute atomic E-state index is 6.23. The van der Waals surface area contributed by atoms with Crippen LogP contribution < -0.4 is 10.5 Å². The lowest BCUT2D eigenvalue weighted by Crippen LogP contribution is -2.07. The third-order valence-electron chi connectivity index (χ3n) is 3.38. The number of aromatic nitrogens is 1. The standard InChI is InChI=1S/C17H20Cl2N2O/c1-9(2)12-8-15(21-17(10(3)4)16(12)20)22-11-5-6-13(18)14(19)7-11/h5-10H,20H2,1-4H3. The molecular formula is C17H20Cl2N2O. The maximum atomic E-state index is 6.23. The first-order valence-corrected chi connectivity index (χ1v) is 7.98. The Kier molecular flexibility index (Phi) is 5.20. The molecule has 0 aliphatic rings. The van der Waals surface area contributed by atoms with Crippen molar-refractivity contribution in [1.29, 1.82) is 0 Å². The summed E-state index contributed by atoms with van der Waals surface area (Å²) in [6.45, 7) is 8.31. The summed E-state index contributed by atoms with van der Waals surface area (Å²) in [5.41, 5.74) is 8.86. The largest absolute Gasteiger partial charge is 0.439 e. The van der Waals surface area contributed by atoms with Crippen molar-refractivity contribution in [3.05, 3.63) is 45.6 Å². The number of nitrogens with two attached hydrogens (primary N) is 1. The number of rotatable bonds is 4. The van der Waals surface area contributed by atoms with Crippen LogP contribution in [0.2, 0.25) is 10.0 Å². The molecule has 0 spiro atoms. The van der Waals surface area contributed by atoms with Crippen LogP contribution >= 0.6 is 23.2 Å². The Balaban J connectivity index is 2.44. The van der Waals surface area contributed by atoms with Gasteiger partial charge in [0.05, 0.1) is 21.4 Å². The van der Waals surface area contributed by atoms with Crippen molar-refractivity contribution in [2.24, 2.45) is 0 Å². The van der Waals surface area contributed by atoms with E-state index in [1.807, 2.05) is 6.07 Å². The number of benzene rings is 1. The fourth-order valence-electron chi connectivity index (χ4n) is 2.20. The number of hydrogen-bond donors (Lipinski definition) is 1. The summed E-state index contributed by atoms with van der Waals surface area (Å²) in [7, 11) is 0. The molecule has 0 unspecified atom stereocenters. The summed E-state index contributed by atoms with van der Waals surface area (Å²) < 4.78 is 5.84. The van der Waals surface area contributed by atoms with Crippen LogP contribution in [0.15, 0.2) is 24.3 Å². The van der Waals surface area contributed by atoms with Gasteiger partial charge < -0.3 is 10.5 Å². The van der Waals surface area contributed by atoms with Gasteiger partial charge in [-0.3, -0.25) is 0 Å². The minimum absolute atomic E-state index is 0.217. The predicted octanol–water partition coefficient (Wildman–Crippen LogP) is 6.01. The molecule has 2 N–H and O–H groups in total. The molecule has 1 aromatic carbocycles. The highest BCUT2D eigenvalue weighted by molar-refractivity contribution is 6.42. The first-order chi connectivity index (χ1) is 10.3. The smallest absolute Gasteiger partial charge is 0.219 e.